The zero-order valence-electron chi connectivity index (χ0n) is 11.6. The molecular weight excluding hydrogens is 218 g/mol. The minimum absolute atomic E-state index is 0.0153. The minimum Gasteiger partial charge on any atom is -0.463 e. The summed E-state index contributed by atoms with van der Waals surface area (Å²) in [5.41, 5.74) is 1.11. The average molecular weight is 241 g/mol. The number of hydrogen-bond donors (Lipinski definition) is 1. The molecular formula is C13H23NO3. The third-order valence-corrected chi connectivity index (χ3v) is 2.31. The molecule has 0 aromatic carbocycles. The Hall–Kier alpha value is -1.32. The van der Waals surface area contributed by atoms with Gasteiger partial charge >= 0.3 is 5.97 Å². The van der Waals surface area contributed by atoms with Crippen LogP contribution >= 0.6 is 0 Å². The molecule has 98 valence electrons. The first-order valence-corrected chi connectivity index (χ1v) is 5.99. The number of hydrogen-bond acceptors (Lipinski definition) is 3. The fraction of sp³-hybridized carbons (Fsp3) is 0.692. The highest BCUT2D eigenvalue weighted by Crippen LogP contribution is 2.15. The number of esters is 1. The van der Waals surface area contributed by atoms with Gasteiger partial charge in [0.05, 0.1) is 12.2 Å². The third-order valence-electron chi connectivity index (χ3n) is 2.31. The van der Waals surface area contributed by atoms with E-state index in [-0.39, 0.29) is 23.7 Å². The van der Waals surface area contributed by atoms with Gasteiger partial charge < -0.3 is 10.1 Å². The van der Waals surface area contributed by atoms with E-state index in [0.717, 1.165) is 0 Å². The maximum Gasteiger partial charge on any atom is 0.336 e. The Balaban J connectivity index is 5.00. The molecule has 0 rings (SSSR count). The van der Waals surface area contributed by atoms with Gasteiger partial charge in [-0.2, -0.15) is 0 Å². The van der Waals surface area contributed by atoms with Gasteiger partial charge in [-0.25, -0.2) is 4.79 Å². The Labute approximate surface area is 103 Å². The van der Waals surface area contributed by atoms with Crippen molar-refractivity contribution in [2.75, 3.05) is 6.61 Å². The Kier molecular flexibility index (Phi) is 6.54. The van der Waals surface area contributed by atoms with Crippen LogP contribution in [0.15, 0.2) is 11.3 Å². The van der Waals surface area contributed by atoms with Crippen molar-refractivity contribution in [2.45, 2.75) is 41.5 Å². The second-order valence-corrected chi connectivity index (χ2v) is 4.56. The van der Waals surface area contributed by atoms with E-state index < -0.39 is 0 Å². The van der Waals surface area contributed by atoms with E-state index in [9.17, 15) is 9.59 Å². The summed E-state index contributed by atoms with van der Waals surface area (Å²) in [5, 5.41) is 2.74. The molecule has 0 aliphatic carbocycles. The summed E-state index contributed by atoms with van der Waals surface area (Å²) in [6.07, 6.45) is 0. The van der Waals surface area contributed by atoms with Gasteiger partial charge in [0.15, 0.2) is 0 Å². The molecule has 0 bridgehead atoms. The fourth-order valence-corrected chi connectivity index (χ4v) is 1.43. The number of rotatable bonds is 5. The number of carbonyl (C=O) groups excluding carboxylic acids is 2. The van der Waals surface area contributed by atoms with E-state index >= 15 is 0 Å². The molecule has 0 aromatic rings. The summed E-state index contributed by atoms with van der Waals surface area (Å²) in [6, 6.07) is 0. The zero-order valence-corrected chi connectivity index (χ0v) is 11.6. The van der Waals surface area contributed by atoms with E-state index in [2.05, 4.69) is 5.32 Å². The van der Waals surface area contributed by atoms with Gasteiger partial charge in [0, 0.05) is 11.6 Å². The zero-order chi connectivity index (χ0) is 13.6. The first-order valence-electron chi connectivity index (χ1n) is 5.99. The van der Waals surface area contributed by atoms with Crippen LogP contribution in [0.25, 0.3) is 0 Å². The van der Waals surface area contributed by atoms with Gasteiger partial charge in [-0.05, 0) is 19.8 Å². The highest BCUT2D eigenvalue weighted by atomic mass is 16.5. The third kappa shape index (κ3) is 5.02. The minimum atomic E-state index is -0.357. The lowest BCUT2D eigenvalue weighted by molar-refractivity contribution is -0.139. The lowest BCUT2D eigenvalue weighted by Crippen LogP contribution is -2.29. The van der Waals surface area contributed by atoms with Crippen molar-refractivity contribution >= 4 is 11.9 Å². The smallest absolute Gasteiger partial charge is 0.336 e. The summed E-state index contributed by atoms with van der Waals surface area (Å²) in [7, 11) is 0. The molecule has 0 atom stereocenters. The van der Waals surface area contributed by atoms with Crippen LogP contribution in [0, 0.1) is 11.8 Å². The van der Waals surface area contributed by atoms with Crippen LogP contribution in [-0.4, -0.2) is 18.5 Å². The molecule has 0 aliphatic rings. The number of carbonyl (C=O) groups is 2. The van der Waals surface area contributed by atoms with Crippen molar-refractivity contribution in [2.24, 2.45) is 11.8 Å². The molecule has 0 saturated heterocycles. The Morgan fingerprint density at radius 1 is 1.12 bits per heavy atom. The maximum atomic E-state index is 11.7. The van der Waals surface area contributed by atoms with Crippen LogP contribution in [-0.2, 0) is 14.3 Å². The van der Waals surface area contributed by atoms with Crippen molar-refractivity contribution in [1.82, 2.24) is 5.32 Å². The van der Waals surface area contributed by atoms with E-state index in [1.807, 2.05) is 27.7 Å². The van der Waals surface area contributed by atoms with Crippen LogP contribution in [0.4, 0.5) is 0 Å². The van der Waals surface area contributed by atoms with Gasteiger partial charge in [-0.3, -0.25) is 4.79 Å². The number of nitrogens with one attached hydrogen (secondary N) is 1. The molecule has 1 N–H and O–H groups in total. The van der Waals surface area contributed by atoms with Gasteiger partial charge in [-0.1, -0.05) is 27.7 Å². The van der Waals surface area contributed by atoms with Crippen LogP contribution in [0.5, 0.6) is 0 Å². The monoisotopic (exact) mass is 241 g/mol. The Morgan fingerprint density at radius 2 is 1.65 bits per heavy atom. The second-order valence-electron chi connectivity index (χ2n) is 4.56. The molecule has 0 unspecified atom stereocenters. The highest BCUT2D eigenvalue weighted by molar-refractivity contribution is 5.91. The fourth-order valence-electron chi connectivity index (χ4n) is 1.43. The van der Waals surface area contributed by atoms with Gasteiger partial charge in [0.1, 0.15) is 0 Å². The Morgan fingerprint density at radius 3 is 2.00 bits per heavy atom. The van der Waals surface area contributed by atoms with E-state index in [4.69, 9.17) is 4.74 Å². The maximum absolute atomic E-state index is 11.7. The lowest BCUT2D eigenvalue weighted by Gasteiger charge is -2.16. The first-order chi connectivity index (χ1) is 7.81. The molecule has 0 radical (unpaired) electrons. The molecule has 17 heavy (non-hydrogen) atoms. The van der Waals surface area contributed by atoms with Crippen LogP contribution in [0.3, 0.4) is 0 Å². The van der Waals surface area contributed by atoms with Crippen molar-refractivity contribution in [1.29, 1.82) is 0 Å². The van der Waals surface area contributed by atoms with Crippen molar-refractivity contribution < 1.29 is 14.3 Å². The lowest BCUT2D eigenvalue weighted by atomic mass is 10.0. The number of amides is 1. The molecule has 0 spiro atoms. The molecule has 0 heterocycles. The quantitative estimate of drug-likeness (QED) is 0.593. The Bertz CT molecular complexity index is 317. The van der Waals surface area contributed by atoms with Gasteiger partial charge in [-0.15, -0.1) is 0 Å². The van der Waals surface area contributed by atoms with Gasteiger partial charge in [0.2, 0.25) is 5.91 Å². The predicted octanol–water partition coefficient (Wildman–Crippen LogP) is 2.25. The predicted molar refractivity (Wildman–Crippen MR) is 67.2 cm³/mol. The molecule has 0 aromatic heterocycles. The van der Waals surface area contributed by atoms with Crippen molar-refractivity contribution in [3.8, 4) is 0 Å². The van der Waals surface area contributed by atoms with Crippen LogP contribution in [0.2, 0.25) is 0 Å². The van der Waals surface area contributed by atoms with E-state index in [1.54, 1.807) is 13.8 Å². The molecule has 0 fully saturated rings. The molecule has 0 saturated carbocycles. The summed E-state index contributed by atoms with van der Waals surface area (Å²) in [6.45, 7) is 11.2. The summed E-state index contributed by atoms with van der Waals surface area (Å²) in [4.78, 5) is 23.3. The second kappa shape index (κ2) is 7.09. The topological polar surface area (TPSA) is 55.4 Å². The van der Waals surface area contributed by atoms with E-state index in [0.29, 0.717) is 17.9 Å². The van der Waals surface area contributed by atoms with E-state index in [1.165, 1.54) is 0 Å². The summed E-state index contributed by atoms with van der Waals surface area (Å²) >= 11 is 0. The SMILES string of the molecule is CCOC(=O)/C(=C(/C)NC(=O)C(C)C)C(C)C. The number of ether oxygens (including phenoxy) is 1. The normalized spacial score (nSPS) is 12.5. The van der Waals surface area contributed by atoms with Gasteiger partial charge in [0.25, 0.3) is 0 Å². The standard InChI is InChI=1S/C13H23NO3/c1-7-17-13(16)11(8(2)3)10(6)14-12(15)9(4)5/h8-9H,7H2,1-6H3,(H,14,15)/b11-10-. The first kappa shape index (κ1) is 15.7. The largest absolute Gasteiger partial charge is 0.463 e. The molecule has 4 nitrogen and oxygen atoms in total. The average Bonchev–Trinajstić information content (AvgIpc) is 2.16. The van der Waals surface area contributed by atoms with Crippen LogP contribution in [0.1, 0.15) is 41.5 Å². The van der Waals surface area contributed by atoms with Crippen molar-refractivity contribution in [3.63, 3.8) is 0 Å². The summed E-state index contributed by atoms with van der Waals surface area (Å²) < 4.78 is 4.98. The highest BCUT2D eigenvalue weighted by Gasteiger charge is 2.19. The molecule has 4 heteroatoms. The molecule has 0 aliphatic heterocycles. The summed E-state index contributed by atoms with van der Waals surface area (Å²) in [5.74, 6) is -0.545. The van der Waals surface area contributed by atoms with Crippen molar-refractivity contribution in [3.05, 3.63) is 11.3 Å². The van der Waals surface area contributed by atoms with Crippen LogP contribution < -0.4 is 5.32 Å². The number of allylic oxidation sites excluding steroid dienone is 1. The molecule has 1 amide bonds.